The lowest BCUT2D eigenvalue weighted by Gasteiger charge is -2.15. The third-order valence-electron chi connectivity index (χ3n) is 7.90. The molecule has 0 saturated carbocycles. The van der Waals surface area contributed by atoms with Crippen molar-refractivity contribution in [3.05, 3.63) is 157 Å². The van der Waals surface area contributed by atoms with Crippen LogP contribution in [0.25, 0.3) is 54.9 Å². The minimum atomic E-state index is 0.178. The van der Waals surface area contributed by atoms with E-state index >= 15 is 0 Å². The quantitative estimate of drug-likeness (QED) is 0.168. The highest BCUT2D eigenvalue weighted by Crippen LogP contribution is 2.41. The Morgan fingerprint density at radius 1 is 0.558 bits per heavy atom. The van der Waals surface area contributed by atoms with E-state index in [1.807, 2.05) is 84.9 Å². The molecule has 0 aliphatic carbocycles. The van der Waals surface area contributed by atoms with E-state index in [-0.39, 0.29) is 5.84 Å². The molecule has 5 nitrogen and oxygen atoms in total. The zero-order valence-corrected chi connectivity index (χ0v) is 23.2. The summed E-state index contributed by atoms with van der Waals surface area (Å²) >= 11 is 0. The predicted molar refractivity (Wildman–Crippen MR) is 178 cm³/mol. The standard InChI is InChI=1S/C38H26N4O/c39-37(26-15-6-2-7-16-26)40-38(27-17-8-3-9-18-27)41-42-31-21-12-20-30-29-19-10-11-22-33(29)43-34-24-28(25-13-4-1-5-14-25)23-32(42)36(34)35(30)31/h1-24H,(H2,39,40,41). The molecular weight excluding hydrogens is 528 g/mol. The number of aromatic nitrogens is 1. The van der Waals surface area contributed by atoms with Gasteiger partial charge in [0.05, 0.1) is 16.4 Å². The molecule has 0 aliphatic rings. The lowest BCUT2D eigenvalue weighted by Crippen LogP contribution is -2.25. The topological polar surface area (TPSA) is 66.3 Å². The predicted octanol–water partition coefficient (Wildman–Crippen LogP) is 9.38. The van der Waals surface area contributed by atoms with Crippen molar-refractivity contribution in [2.45, 2.75) is 0 Å². The molecule has 5 heteroatoms. The largest absolute Gasteiger partial charge is 0.456 e. The summed E-state index contributed by atoms with van der Waals surface area (Å²) in [5, 5.41) is 13.1. The molecule has 2 N–H and O–H groups in total. The van der Waals surface area contributed by atoms with Crippen molar-refractivity contribution in [2.24, 2.45) is 4.99 Å². The number of nitrogens with one attached hydrogen (secondary N) is 2. The molecule has 2 aromatic heterocycles. The lowest BCUT2D eigenvalue weighted by molar-refractivity contribution is 0.664. The number of fused-ring (bicyclic) bond motifs is 2. The molecule has 0 radical (unpaired) electrons. The Balaban J connectivity index is 1.44. The first kappa shape index (κ1) is 24.8. The molecule has 0 saturated heterocycles. The monoisotopic (exact) mass is 554 g/mol. The van der Waals surface area contributed by atoms with Gasteiger partial charge in [-0.3, -0.25) is 15.5 Å². The average Bonchev–Trinajstić information content (AvgIpc) is 3.30. The van der Waals surface area contributed by atoms with E-state index in [0.29, 0.717) is 5.84 Å². The van der Waals surface area contributed by atoms with E-state index in [1.165, 1.54) is 0 Å². The Labute approximate surface area is 247 Å². The lowest BCUT2D eigenvalue weighted by atomic mass is 10.0. The fraction of sp³-hybridized carbons (Fsp3) is 0. The molecule has 0 aliphatic heterocycles. The van der Waals surface area contributed by atoms with Gasteiger partial charge in [-0.1, -0.05) is 121 Å². The number of amidine groups is 2. The fourth-order valence-corrected chi connectivity index (χ4v) is 5.90. The number of para-hydroxylation sites is 1. The molecule has 2 heterocycles. The molecule has 0 unspecified atom stereocenters. The maximum absolute atomic E-state index is 8.84. The van der Waals surface area contributed by atoms with Crippen LogP contribution < -0.4 is 5.43 Å². The van der Waals surface area contributed by atoms with Crippen molar-refractivity contribution >= 4 is 55.4 Å². The molecule has 0 spiro atoms. The summed E-state index contributed by atoms with van der Waals surface area (Å²) in [4.78, 5) is 4.84. The maximum atomic E-state index is 8.84. The highest BCUT2D eigenvalue weighted by Gasteiger charge is 2.20. The molecule has 8 aromatic rings. The van der Waals surface area contributed by atoms with Crippen LogP contribution in [0.15, 0.2) is 155 Å². The summed E-state index contributed by atoms with van der Waals surface area (Å²) in [6, 6.07) is 48.8. The van der Waals surface area contributed by atoms with Crippen LogP contribution in [0, 0.1) is 5.41 Å². The van der Waals surface area contributed by atoms with Crippen LogP contribution in [-0.4, -0.2) is 16.3 Å². The highest BCUT2D eigenvalue weighted by molar-refractivity contribution is 6.27. The Hall–Kier alpha value is -5.94. The van der Waals surface area contributed by atoms with Gasteiger partial charge in [-0.05, 0) is 40.8 Å². The third kappa shape index (κ3) is 4.26. The molecule has 0 amide bonds. The third-order valence-corrected chi connectivity index (χ3v) is 7.90. The van der Waals surface area contributed by atoms with E-state index in [2.05, 4.69) is 70.8 Å². The number of aliphatic imine (C=N–C) groups is 1. The minimum Gasteiger partial charge on any atom is -0.456 e. The zero-order valence-electron chi connectivity index (χ0n) is 23.2. The van der Waals surface area contributed by atoms with E-state index < -0.39 is 0 Å². The first-order valence-electron chi connectivity index (χ1n) is 14.2. The summed E-state index contributed by atoms with van der Waals surface area (Å²) in [7, 11) is 0. The summed E-state index contributed by atoms with van der Waals surface area (Å²) in [5.74, 6) is 0.751. The molecule has 8 rings (SSSR count). The fourth-order valence-electron chi connectivity index (χ4n) is 5.90. The number of hydrogen-bond acceptors (Lipinski definition) is 2. The van der Waals surface area contributed by atoms with Crippen LogP contribution in [0.3, 0.4) is 0 Å². The van der Waals surface area contributed by atoms with Crippen LogP contribution in [0.5, 0.6) is 0 Å². The second-order valence-corrected chi connectivity index (χ2v) is 10.5. The normalized spacial score (nSPS) is 12.0. The highest BCUT2D eigenvalue weighted by atomic mass is 16.3. The van der Waals surface area contributed by atoms with Gasteiger partial charge >= 0.3 is 0 Å². The van der Waals surface area contributed by atoms with Crippen LogP contribution in [0.2, 0.25) is 0 Å². The molecule has 204 valence electrons. The number of nitrogens with zero attached hydrogens (tertiary/aromatic N) is 2. The molecule has 6 aromatic carbocycles. The Kier molecular flexibility index (Phi) is 5.86. The average molecular weight is 555 g/mol. The maximum Gasteiger partial charge on any atom is 0.154 e. The van der Waals surface area contributed by atoms with Crippen molar-refractivity contribution in [1.82, 2.24) is 4.68 Å². The van der Waals surface area contributed by atoms with Gasteiger partial charge in [-0.25, -0.2) is 4.99 Å². The molecule has 0 atom stereocenters. The summed E-state index contributed by atoms with van der Waals surface area (Å²) in [6.45, 7) is 0. The summed E-state index contributed by atoms with van der Waals surface area (Å²) in [5.41, 5.74) is 11.0. The van der Waals surface area contributed by atoms with Gasteiger partial charge in [0.25, 0.3) is 0 Å². The number of benzene rings is 6. The van der Waals surface area contributed by atoms with Crippen molar-refractivity contribution in [2.75, 3.05) is 5.43 Å². The van der Waals surface area contributed by atoms with Gasteiger partial charge in [0.15, 0.2) is 11.7 Å². The van der Waals surface area contributed by atoms with E-state index in [4.69, 9.17) is 14.8 Å². The SMILES string of the molecule is N=C(N=C(Nn1c2cc(-c3ccccc3)cc3oc4ccccc4c4cccc1c4c32)c1ccccc1)c1ccccc1. The van der Waals surface area contributed by atoms with E-state index in [1.54, 1.807) is 0 Å². The van der Waals surface area contributed by atoms with Gasteiger partial charge in [0, 0.05) is 21.9 Å². The van der Waals surface area contributed by atoms with Crippen molar-refractivity contribution in [3.8, 4) is 11.1 Å². The van der Waals surface area contributed by atoms with Crippen molar-refractivity contribution in [1.29, 1.82) is 5.41 Å². The van der Waals surface area contributed by atoms with Gasteiger partial charge in [-0.2, -0.15) is 0 Å². The van der Waals surface area contributed by atoms with Crippen LogP contribution >= 0.6 is 0 Å². The van der Waals surface area contributed by atoms with E-state index in [9.17, 15) is 0 Å². The Morgan fingerprint density at radius 2 is 1.21 bits per heavy atom. The summed E-state index contributed by atoms with van der Waals surface area (Å²) < 4.78 is 8.79. The zero-order chi connectivity index (χ0) is 28.8. The minimum absolute atomic E-state index is 0.178. The van der Waals surface area contributed by atoms with Gasteiger partial charge in [0.2, 0.25) is 0 Å². The first-order chi connectivity index (χ1) is 21.2. The molecule has 43 heavy (non-hydrogen) atoms. The number of rotatable bonds is 4. The molecule has 0 fully saturated rings. The Morgan fingerprint density at radius 3 is 1.98 bits per heavy atom. The molecule has 0 bridgehead atoms. The van der Waals surface area contributed by atoms with Gasteiger partial charge in [0.1, 0.15) is 11.2 Å². The van der Waals surface area contributed by atoms with Crippen LogP contribution in [-0.2, 0) is 0 Å². The van der Waals surface area contributed by atoms with E-state index in [0.717, 1.165) is 66.0 Å². The second kappa shape index (κ2) is 10.2. The van der Waals surface area contributed by atoms with Gasteiger partial charge < -0.3 is 4.42 Å². The van der Waals surface area contributed by atoms with Crippen molar-refractivity contribution < 1.29 is 4.42 Å². The Bertz CT molecular complexity index is 2320. The number of hydrogen-bond donors (Lipinski definition) is 2. The summed E-state index contributed by atoms with van der Waals surface area (Å²) in [6.07, 6.45) is 0. The smallest absolute Gasteiger partial charge is 0.154 e. The first-order valence-corrected chi connectivity index (χ1v) is 14.2. The van der Waals surface area contributed by atoms with Gasteiger partial charge in [-0.15, -0.1) is 0 Å². The van der Waals surface area contributed by atoms with Crippen LogP contribution in [0.4, 0.5) is 0 Å². The molecular formula is C38H26N4O. The van der Waals surface area contributed by atoms with Crippen molar-refractivity contribution in [3.63, 3.8) is 0 Å². The second-order valence-electron chi connectivity index (χ2n) is 10.5. The van der Waals surface area contributed by atoms with Crippen LogP contribution in [0.1, 0.15) is 11.1 Å².